The monoisotopic (exact) mass is 638 g/mol. The lowest BCUT2D eigenvalue weighted by molar-refractivity contribution is -0.206. The van der Waals surface area contributed by atoms with Crippen LogP contribution in [0.15, 0.2) is 42.1 Å². The van der Waals surface area contributed by atoms with E-state index < -0.39 is 5.41 Å². The second kappa shape index (κ2) is 10.8. The van der Waals surface area contributed by atoms with Crippen LogP contribution in [-0.2, 0) is 16.1 Å². The van der Waals surface area contributed by atoms with Crippen molar-refractivity contribution in [3.05, 3.63) is 53.4 Å². The number of aromatic nitrogens is 3. The van der Waals surface area contributed by atoms with Gasteiger partial charge in [-0.1, -0.05) is 71.4 Å². The Hall–Kier alpha value is -2.98. The van der Waals surface area contributed by atoms with Gasteiger partial charge < -0.3 is 9.84 Å². The number of benzene rings is 1. The van der Waals surface area contributed by atoms with Crippen LogP contribution in [0.25, 0.3) is 5.69 Å². The first-order chi connectivity index (χ1) is 22.1. The summed E-state index contributed by atoms with van der Waals surface area (Å²) in [4.78, 5) is 14.4. The summed E-state index contributed by atoms with van der Waals surface area (Å²) in [5.74, 6) is 1.19. The number of nitrogens with zero attached hydrogens (tertiary/aromatic N) is 4. The SMILES string of the molecule is CC1(C)CC[C@]2(C(=O)OCc3cn(-c4cccc(C#N)c4)nn3)CC[C@]3(C)C(=CC[C@@H]4[C@@]5(C)CC[C@H](O)C(C)(C)[C@@H]5CC[C@]43C)[C@@H]2C1. The van der Waals surface area contributed by atoms with E-state index in [2.05, 4.69) is 70.9 Å². The molecule has 0 saturated heterocycles. The van der Waals surface area contributed by atoms with Crippen molar-refractivity contribution in [1.82, 2.24) is 15.0 Å². The van der Waals surface area contributed by atoms with Gasteiger partial charge in [-0.3, -0.25) is 4.79 Å². The first-order valence-corrected chi connectivity index (χ1v) is 18.1. The van der Waals surface area contributed by atoms with E-state index in [-0.39, 0.29) is 51.7 Å². The number of aliphatic hydroxyl groups excluding tert-OH is 1. The summed E-state index contributed by atoms with van der Waals surface area (Å²) in [7, 11) is 0. The van der Waals surface area contributed by atoms with Crippen LogP contribution in [0.3, 0.4) is 0 Å². The average Bonchev–Trinajstić information content (AvgIpc) is 3.51. The van der Waals surface area contributed by atoms with Crippen LogP contribution in [0, 0.1) is 61.6 Å². The van der Waals surface area contributed by atoms with Crippen molar-refractivity contribution in [2.75, 3.05) is 0 Å². The standard InChI is InChI=1S/C40H54N4O3/c1-35(2)17-19-40(34(46)47-25-27-24-44(43-42-27)28-10-8-9-26(21-28)23-41)20-18-38(6)29(30(40)22-35)11-12-32-37(5)15-14-33(45)36(3,4)31(37)13-16-39(32,38)7/h8-11,21,24,30-33,45H,12-20,22,25H2,1-7H3/t30-,31-,32+,33-,37-,38+,39+,40-/m0/s1. The Bertz CT molecular complexity index is 1650. The lowest BCUT2D eigenvalue weighted by Gasteiger charge is -2.71. The maximum atomic E-state index is 14.4. The summed E-state index contributed by atoms with van der Waals surface area (Å²) >= 11 is 0. The van der Waals surface area contributed by atoms with Gasteiger partial charge in [0.2, 0.25) is 0 Å². The maximum absolute atomic E-state index is 14.4. The van der Waals surface area contributed by atoms with Crippen LogP contribution in [0.5, 0.6) is 0 Å². The molecule has 1 aromatic carbocycles. The maximum Gasteiger partial charge on any atom is 0.313 e. The minimum absolute atomic E-state index is 0.0344. The van der Waals surface area contributed by atoms with E-state index in [0.717, 1.165) is 57.1 Å². The van der Waals surface area contributed by atoms with Gasteiger partial charge in [-0.15, -0.1) is 5.10 Å². The van der Waals surface area contributed by atoms with Crippen LogP contribution in [-0.4, -0.2) is 32.2 Å². The summed E-state index contributed by atoms with van der Waals surface area (Å²) in [6.45, 7) is 17.2. The van der Waals surface area contributed by atoms with E-state index in [1.54, 1.807) is 23.0 Å². The zero-order valence-corrected chi connectivity index (χ0v) is 29.6. The molecule has 4 saturated carbocycles. The molecule has 5 aliphatic rings. The Labute approximate surface area is 281 Å². The van der Waals surface area contributed by atoms with Crippen molar-refractivity contribution >= 4 is 5.97 Å². The van der Waals surface area contributed by atoms with Crippen molar-refractivity contribution in [2.45, 2.75) is 125 Å². The molecular formula is C40H54N4O3. The predicted octanol–water partition coefficient (Wildman–Crippen LogP) is 8.34. The average molecular weight is 639 g/mol. The molecule has 0 amide bonds. The molecule has 5 aliphatic carbocycles. The highest BCUT2D eigenvalue weighted by molar-refractivity contribution is 5.78. The van der Waals surface area contributed by atoms with E-state index in [0.29, 0.717) is 23.1 Å². The molecule has 1 heterocycles. The van der Waals surface area contributed by atoms with Crippen molar-refractivity contribution < 1.29 is 14.6 Å². The van der Waals surface area contributed by atoms with Crippen molar-refractivity contribution in [3.63, 3.8) is 0 Å². The highest BCUT2D eigenvalue weighted by Crippen LogP contribution is 2.75. The number of hydrogen-bond donors (Lipinski definition) is 1. The number of hydrogen-bond acceptors (Lipinski definition) is 6. The summed E-state index contributed by atoms with van der Waals surface area (Å²) in [6, 6.07) is 9.40. The molecule has 1 N–H and O–H groups in total. The number of nitriles is 1. The molecule has 47 heavy (non-hydrogen) atoms. The van der Waals surface area contributed by atoms with Gasteiger partial charge in [-0.05, 0) is 127 Å². The number of aliphatic hydroxyl groups is 1. The molecule has 8 atom stereocenters. The number of allylic oxidation sites excluding steroid dienone is 2. The largest absolute Gasteiger partial charge is 0.459 e. The fraction of sp³-hybridized carbons (Fsp3) is 0.700. The predicted molar refractivity (Wildman–Crippen MR) is 181 cm³/mol. The minimum atomic E-state index is -0.515. The van der Waals surface area contributed by atoms with E-state index in [4.69, 9.17) is 4.74 Å². The lowest BCUT2D eigenvalue weighted by Crippen LogP contribution is -2.65. The fourth-order valence-electron chi connectivity index (χ4n) is 12.1. The zero-order valence-electron chi connectivity index (χ0n) is 29.6. The second-order valence-electron chi connectivity index (χ2n) is 18.1. The summed E-state index contributed by atoms with van der Waals surface area (Å²) in [6.07, 6.45) is 14.3. The van der Waals surface area contributed by atoms with Crippen LogP contribution in [0.1, 0.15) is 124 Å². The highest BCUT2D eigenvalue weighted by atomic mass is 16.5. The number of rotatable bonds is 4. The van der Waals surface area contributed by atoms with Crippen molar-refractivity contribution in [3.8, 4) is 11.8 Å². The van der Waals surface area contributed by atoms with E-state index in [1.807, 2.05) is 12.1 Å². The topological polar surface area (TPSA) is 101 Å². The number of fused-ring (bicyclic) bond motifs is 7. The molecular weight excluding hydrogens is 584 g/mol. The molecule has 7 nitrogen and oxygen atoms in total. The molecule has 0 radical (unpaired) electrons. The summed E-state index contributed by atoms with van der Waals surface area (Å²) < 4.78 is 7.83. The van der Waals surface area contributed by atoms with Crippen molar-refractivity contribution in [1.29, 1.82) is 5.26 Å². The van der Waals surface area contributed by atoms with Crippen molar-refractivity contribution in [2.24, 2.45) is 50.2 Å². The number of ether oxygens (including phenoxy) is 1. The summed E-state index contributed by atoms with van der Waals surface area (Å²) in [5, 5.41) is 28.9. The zero-order chi connectivity index (χ0) is 33.6. The molecule has 252 valence electrons. The Balaban J connectivity index is 1.17. The normalized spacial score (nSPS) is 40.0. The van der Waals surface area contributed by atoms with Gasteiger partial charge in [-0.25, -0.2) is 4.68 Å². The third-order valence-corrected chi connectivity index (χ3v) is 15.2. The fourth-order valence-corrected chi connectivity index (χ4v) is 12.1. The minimum Gasteiger partial charge on any atom is -0.459 e. The van der Waals surface area contributed by atoms with E-state index in [9.17, 15) is 15.2 Å². The Morgan fingerprint density at radius 3 is 2.55 bits per heavy atom. The van der Waals surface area contributed by atoms with Gasteiger partial charge in [0, 0.05) is 0 Å². The van der Waals surface area contributed by atoms with Crippen LogP contribution < -0.4 is 0 Å². The van der Waals surface area contributed by atoms with Gasteiger partial charge in [0.1, 0.15) is 12.3 Å². The molecule has 0 spiro atoms. The quantitative estimate of drug-likeness (QED) is 0.267. The van der Waals surface area contributed by atoms with Crippen LogP contribution >= 0.6 is 0 Å². The van der Waals surface area contributed by atoms with Gasteiger partial charge >= 0.3 is 5.97 Å². The number of carbonyl (C=O) groups excluding carboxylic acids is 1. The van der Waals surface area contributed by atoms with Gasteiger partial charge in [-0.2, -0.15) is 5.26 Å². The Morgan fingerprint density at radius 1 is 1.02 bits per heavy atom. The molecule has 1 aromatic heterocycles. The van der Waals surface area contributed by atoms with Gasteiger partial charge in [0.15, 0.2) is 0 Å². The molecule has 0 bridgehead atoms. The third kappa shape index (κ3) is 4.71. The Morgan fingerprint density at radius 2 is 1.79 bits per heavy atom. The van der Waals surface area contributed by atoms with Crippen LogP contribution in [0.2, 0.25) is 0 Å². The number of esters is 1. The highest BCUT2D eigenvalue weighted by Gasteiger charge is 2.69. The second-order valence-corrected chi connectivity index (χ2v) is 18.1. The lowest BCUT2D eigenvalue weighted by atomic mass is 9.33. The molecule has 4 fully saturated rings. The first kappa shape index (κ1) is 32.6. The van der Waals surface area contributed by atoms with E-state index >= 15 is 0 Å². The third-order valence-electron chi connectivity index (χ3n) is 15.2. The smallest absolute Gasteiger partial charge is 0.313 e. The van der Waals surface area contributed by atoms with E-state index in [1.165, 1.54) is 18.4 Å². The summed E-state index contributed by atoms with van der Waals surface area (Å²) in [5.41, 5.74) is 3.42. The molecule has 2 aromatic rings. The van der Waals surface area contributed by atoms with Gasteiger partial charge in [0.05, 0.1) is 35.0 Å². The molecule has 7 rings (SSSR count). The Kier molecular flexibility index (Phi) is 7.45. The number of carbonyl (C=O) groups is 1. The molecule has 0 aliphatic heterocycles. The van der Waals surface area contributed by atoms with Crippen LogP contribution in [0.4, 0.5) is 0 Å². The van der Waals surface area contributed by atoms with Gasteiger partial charge in [0.25, 0.3) is 0 Å². The molecule has 0 unspecified atom stereocenters. The first-order valence-electron chi connectivity index (χ1n) is 18.1. The molecule has 7 heteroatoms.